The minimum absolute atomic E-state index is 0.112. The van der Waals surface area contributed by atoms with Crippen LogP contribution in [0.4, 0.5) is 4.79 Å². The molecule has 4 rings (SSSR count). The predicted molar refractivity (Wildman–Crippen MR) is 139 cm³/mol. The highest BCUT2D eigenvalue weighted by Crippen LogP contribution is 2.36. The average Bonchev–Trinajstić information content (AvgIpc) is 3.36. The van der Waals surface area contributed by atoms with Crippen LogP contribution in [0.3, 0.4) is 0 Å². The van der Waals surface area contributed by atoms with E-state index in [1.165, 1.54) is 12.1 Å². The van der Waals surface area contributed by atoms with Gasteiger partial charge in [0.15, 0.2) is 11.5 Å². The first kappa shape index (κ1) is 25.7. The molecule has 4 amide bonds. The summed E-state index contributed by atoms with van der Waals surface area (Å²) in [6.07, 6.45) is 4.79. The molecular formula is C26H25IN2O7. The second kappa shape index (κ2) is 11.1. The van der Waals surface area contributed by atoms with Crippen LogP contribution in [-0.4, -0.2) is 46.5 Å². The van der Waals surface area contributed by atoms with Crippen molar-refractivity contribution in [2.75, 3.05) is 6.61 Å². The molecule has 9 nitrogen and oxygen atoms in total. The number of rotatable bonds is 8. The molecule has 2 fully saturated rings. The Kier molecular flexibility index (Phi) is 7.92. The molecule has 1 heterocycles. The van der Waals surface area contributed by atoms with Crippen molar-refractivity contribution in [2.45, 2.75) is 45.3 Å². The van der Waals surface area contributed by atoms with Crippen molar-refractivity contribution in [2.24, 2.45) is 0 Å². The summed E-state index contributed by atoms with van der Waals surface area (Å²) in [5, 5.41) is 11.5. The first-order valence-corrected chi connectivity index (χ1v) is 12.7. The molecule has 2 N–H and O–H groups in total. The minimum Gasteiger partial charge on any atom is -0.490 e. The molecule has 1 saturated carbocycles. The Balaban J connectivity index is 1.61. The zero-order valence-electron chi connectivity index (χ0n) is 19.6. The zero-order valence-corrected chi connectivity index (χ0v) is 21.7. The van der Waals surface area contributed by atoms with E-state index in [0.717, 1.165) is 30.6 Å². The quantitative estimate of drug-likeness (QED) is 0.261. The van der Waals surface area contributed by atoms with Crippen molar-refractivity contribution >= 4 is 52.5 Å². The third kappa shape index (κ3) is 5.53. The number of barbiturate groups is 1. The number of ether oxygens (including phenoxy) is 2. The van der Waals surface area contributed by atoms with Gasteiger partial charge in [0.2, 0.25) is 0 Å². The van der Waals surface area contributed by atoms with E-state index in [4.69, 9.17) is 9.47 Å². The molecule has 1 aliphatic carbocycles. The van der Waals surface area contributed by atoms with E-state index in [-0.39, 0.29) is 23.8 Å². The second-order valence-electron chi connectivity index (χ2n) is 8.49. The van der Waals surface area contributed by atoms with E-state index in [0.29, 0.717) is 32.8 Å². The lowest BCUT2D eigenvalue weighted by molar-refractivity contribution is -0.131. The second-order valence-corrected chi connectivity index (χ2v) is 9.65. The fourth-order valence-electron chi connectivity index (χ4n) is 4.36. The van der Waals surface area contributed by atoms with E-state index >= 15 is 0 Å². The highest BCUT2D eigenvalue weighted by atomic mass is 127. The maximum absolute atomic E-state index is 13.1. The number of urea groups is 1. The Labute approximate surface area is 221 Å². The summed E-state index contributed by atoms with van der Waals surface area (Å²) in [4.78, 5) is 50.4. The van der Waals surface area contributed by atoms with Crippen LogP contribution in [0.1, 0.15) is 54.1 Å². The molecule has 0 unspecified atom stereocenters. The fraction of sp³-hybridized carbons (Fsp3) is 0.308. The van der Waals surface area contributed by atoms with Crippen LogP contribution in [0.2, 0.25) is 0 Å². The van der Waals surface area contributed by atoms with Gasteiger partial charge in [0.1, 0.15) is 12.2 Å². The van der Waals surface area contributed by atoms with Crippen LogP contribution in [0, 0.1) is 3.57 Å². The lowest BCUT2D eigenvalue weighted by Crippen LogP contribution is -2.57. The maximum Gasteiger partial charge on any atom is 0.335 e. The third-order valence-corrected chi connectivity index (χ3v) is 6.82. The molecule has 0 radical (unpaired) electrons. The number of carbonyl (C=O) groups is 4. The summed E-state index contributed by atoms with van der Waals surface area (Å²) in [6, 6.07) is 9.00. The van der Waals surface area contributed by atoms with Crippen molar-refractivity contribution in [3.05, 3.63) is 62.2 Å². The number of nitrogens with one attached hydrogen (secondary N) is 1. The normalized spacial score (nSPS) is 17.4. The van der Waals surface area contributed by atoms with Gasteiger partial charge >= 0.3 is 12.0 Å². The summed E-state index contributed by atoms with van der Waals surface area (Å²) in [5.41, 5.74) is 1.28. The zero-order chi connectivity index (χ0) is 25.8. The van der Waals surface area contributed by atoms with Gasteiger partial charge in [-0.25, -0.2) is 9.59 Å². The van der Waals surface area contributed by atoms with Crippen LogP contribution in [0.25, 0.3) is 6.08 Å². The number of aromatic carboxylic acids is 1. The molecule has 0 bridgehead atoms. The summed E-state index contributed by atoms with van der Waals surface area (Å²) < 4.78 is 12.4. The van der Waals surface area contributed by atoms with Gasteiger partial charge < -0.3 is 14.6 Å². The Morgan fingerprint density at radius 2 is 1.92 bits per heavy atom. The van der Waals surface area contributed by atoms with Crippen LogP contribution >= 0.6 is 22.6 Å². The number of carboxylic acid groups (broad SMARTS) is 1. The van der Waals surface area contributed by atoms with Crippen LogP contribution < -0.4 is 14.8 Å². The number of hydrogen-bond donors (Lipinski definition) is 2. The van der Waals surface area contributed by atoms with Gasteiger partial charge in [-0.05, 0) is 83.8 Å². The van der Waals surface area contributed by atoms with Gasteiger partial charge in [0.25, 0.3) is 11.8 Å². The summed E-state index contributed by atoms with van der Waals surface area (Å²) >= 11 is 2.08. The fourth-order valence-corrected chi connectivity index (χ4v) is 5.14. The van der Waals surface area contributed by atoms with E-state index in [1.807, 2.05) is 6.92 Å². The van der Waals surface area contributed by atoms with Crippen molar-refractivity contribution in [1.82, 2.24) is 10.2 Å². The molecule has 0 atom stereocenters. The third-order valence-electron chi connectivity index (χ3n) is 6.02. The number of benzene rings is 2. The van der Waals surface area contributed by atoms with E-state index in [9.17, 15) is 24.3 Å². The van der Waals surface area contributed by atoms with E-state index < -0.39 is 23.8 Å². The lowest BCUT2D eigenvalue weighted by Gasteiger charge is -2.31. The monoisotopic (exact) mass is 604 g/mol. The van der Waals surface area contributed by atoms with Crippen LogP contribution in [-0.2, 0) is 16.2 Å². The van der Waals surface area contributed by atoms with Crippen molar-refractivity contribution < 1.29 is 33.8 Å². The minimum atomic E-state index is -1.02. The Bertz CT molecular complexity index is 1250. The molecule has 0 spiro atoms. The Morgan fingerprint density at radius 3 is 2.61 bits per heavy atom. The molecule has 36 heavy (non-hydrogen) atoms. The SMILES string of the molecule is CCOc1cc(/C=C2\C(=O)NC(=O)N(C3CCCC3)C2=O)cc(I)c1OCc1cccc(C(=O)O)c1. The van der Waals surface area contributed by atoms with Crippen molar-refractivity contribution in [1.29, 1.82) is 0 Å². The number of nitrogens with zero attached hydrogens (tertiary/aromatic N) is 1. The Morgan fingerprint density at radius 1 is 1.17 bits per heavy atom. The van der Waals surface area contributed by atoms with Gasteiger partial charge in [-0.3, -0.25) is 19.8 Å². The van der Waals surface area contributed by atoms with Gasteiger partial charge in [-0.15, -0.1) is 0 Å². The lowest BCUT2D eigenvalue weighted by atomic mass is 10.0. The first-order chi connectivity index (χ1) is 17.3. The van der Waals surface area contributed by atoms with Crippen molar-refractivity contribution in [3.8, 4) is 11.5 Å². The molecule has 10 heteroatoms. The largest absolute Gasteiger partial charge is 0.490 e. The highest BCUT2D eigenvalue weighted by Gasteiger charge is 2.40. The Hall–Kier alpha value is -3.41. The van der Waals surface area contributed by atoms with Gasteiger partial charge in [-0.1, -0.05) is 25.0 Å². The summed E-state index contributed by atoms with van der Waals surface area (Å²) in [6.45, 7) is 2.29. The first-order valence-electron chi connectivity index (χ1n) is 11.6. The molecule has 2 aromatic carbocycles. The number of imide groups is 2. The molecule has 1 saturated heterocycles. The van der Waals surface area contributed by atoms with Gasteiger partial charge in [0, 0.05) is 6.04 Å². The molecule has 2 aliphatic rings. The maximum atomic E-state index is 13.1. The van der Waals surface area contributed by atoms with E-state index in [2.05, 4.69) is 27.9 Å². The number of hydrogen-bond acceptors (Lipinski definition) is 6. The standard InChI is InChI=1S/C26H25IN2O7/c1-2-35-21-13-16(11-19-23(30)28-26(34)29(24(19)31)18-8-3-4-9-18)12-20(27)22(21)36-14-15-6-5-7-17(10-15)25(32)33/h5-7,10-13,18H,2-4,8-9,14H2,1H3,(H,32,33)(H,28,30,34)/b19-11+. The summed E-state index contributed by atoms with van der Waals surface area (Å²) in [7, 11) is 0. The molecule has 188 valence electrons. The average molecular weight is 604 g/mol. The van der Waals surface area contributed by atoms with Crippen molar-refractivity contribution in [3.63, 3.8) is 0 Å². The highest BCUT2D eigenvalue weighted by molar-refractivity contribution is 14.1. The van der Waals surface area contributed by atoms with E-state index in [1.54, 1.807) is 30.3 Å². The van der Waals surface area contributed by atoms with Gasteiger partial charge in [0.05, 0.1) is 15.7 Å². The topological polar surface area (TPSA) is 122 Å². The molecule has 1 aliphatic heterocycles. The molecule has 2 aromatic rings. The number of carboxylic acids is 1. The number of carbonyl (C=O) groups excluding carboxylic acids is 3. The van der Waals surface area contributed by atoms with Crippen LogP contribution in [0.5, 0.6) is 11.5 Å². The summed E-state index contributed by atoms with van der Waals surface area (Å²) in [5.74, 6) is -1.47. The number of amides is 4. The predicted octanol–water partition coefficient (Wildman–Crippen LogP) is 4.37. The van der Waals surface area contributed by atoms with Gasteiger partial charge in [-0.2, -0.15) is 0 Å². The molecule has 0 aromatic heterocycles. The number of halogens is 1. The smallest absolute Gasteiger partial charge is 0.335 e. The molecular weight excluding hydrogens is 579 g/mol. The van der Waals surface area contributed by atoms with Crippen LogP contribution in [0.15, 0.2) is 42.0 Å².